The molecule has 0 aromatic heterocycles. The van der Waals surface area contributed by atoms with Gasteiger partial charge in [0.05, 0.1) is 19.8 Å². The normalized spacial score (nSPS) is 17.3. The molecule has 1 fully saturated rings. The lowest BCUT2D eigenvalue weighted by Crippen LogP contribution is -2.45. The van der Waals surface area contributed by atoms with E-state index in [1.807, 2.05) is 31.2 Å². The molecule has 1 aliphatic heterocycles. The van der Waals surface area contributed by atoms with Crippen LogP contribution in [-0.4, -0.2) is 76.4 Å². The number of halogens is 1. The van der Waals surface area contributed by atoms with Crippen molar-refractivity contribution in [2.45, 2.75) is 38.4 Å². The highest BCUT2D eigenvalue weighted by Crippen LogP contribution is 2.26. The van der Waals surface area contributed by atoms with E-state index in [0.717, 1.165) is 19.4 Å². The Morgan fingerprint density at radius 1 is 1.27 bits per heavy atom. The number of aliphatic imine (C=N–C) groups is 1. The average molecular weight is 534 g/mol. The average Bonchev–Trinajstić information content (AvgIpc) is 2.74. The fourth-order valence-corrected chi connectivity index (χ4v) is 2.86. The van der Waals surface area contributed by atoms with Gasteiger partial charge in [0.2, 0.25) is 5.91 Å². The number of carbonyl (C=O) groups excluding carboxylic acids is 1. The van der Waals surface area contributed by atoms with Gasteiger partial charge in [-0.2, -0.15) is 0 Å². The SMILES string of the molecule is COc1ccccc1OC(C)CNC(=NCC(=O)N(C)C)NCC1CCCCO1.I. The molecule has 2 atom stereocenters. The van der Waals surface area contributed by atoms with Crippen LogP contribution in [0.2, 0.25) is 0 Å². The molecule has 1 aliphatic rings. The van der Waals surface area contributed by atoms with Gasteiger partial charge in [0.15, 0.2) is 17.5 Å². The first kappa shape index (κ1) is 26.3. The zero-order chi connectivity index (χ0) is 21.1. The monoisotopic (exact) mass is 534 g/mol. The van der Waals surface area contributed by atoms with Gasteiger partial charge in [0.1, 0.15) is 12.6 Å². The third-order valence-corrected chi connectivity index (χ3v) is 4.60. The van der Waals surface area contributed by atoms with Gasteiger partial charge in [-0.15, -0.1) is 24.0 Å². The number of para-hydroxylation sites is 2. The number of likely N-dealkylation sites (N-methyl/N-ethyl adjacent to an activating group) is 1. The molecule has 1 saturated heterocycles. The largest absolute Gasteiger partial charge is 0.493 e. The summed E-state index contributed by atoms with van der Waals surface area (Å²) in [6.07, 6.45) is 3.36. The molecule has 0 saturated carbocycles. The summed E-state index contributed by atoms with van der Waals surface area (Å²) in [6.45, 7) is 4.02. The van der Waals surface area contributed by atoms with Crippen LogP contribution in [0.5, 0.6) is 11.5 Å². The van der Waals surface area contributed by atoms with E-state index in [2.05, 4.69) is 15.6 Å². The number of hydrogen-bond donors (Lipinski definition) is 2. The van der Waals surface area contributed by atoms with Gasteiger partial charge in [0.25, 0.3) is 0 Å². The number of nitrogens with one attached hydrogen (secondary N) is 2. The van der Waals surface area contributed by atoms with E-state index in [1.54, 1.807) is 21.2 Å². The van der Waals surface area contributed by atoms with Crippen LogP contribution in [0.4, 0.5) is 0 Å². The molecule has 1 aromatic carbocycles. The predicted octanol–water partition coefficient (Wildman–Crippen LogP) is 2.27. The minimum Gasteiger partial charge on any atom is -0.493 e. The Labute approximate surface area is 196 Å². The molecule has 0 spiro atoms. The van der Waals surface area contributed by atoms with Gasteiger partial charge in [0, 0.05) is 27.2 Å². The second-order valence-electron chi connectivity index (χ2n) is 7.28. The highest BCUT2D eigenvalue weighted by molar-refractivity contribution is 14.0. The van der Waals surface area contributed by atoms with Crippen molar-refractivity contribution in [3.8, 4) is 11.5 Å². The molecule has 9 heteroatoms. The predicted molar refractivity (Wildman–Crippen MR) is 129 cm³/mol. The van der Waals surface area contributed by atoms with Gasteiger partial charge >= 0.3 is 0 Å². The molecule has 1 amide bonds. The molecule has 170 valence electrons. The van der Waals surface area contributed by atoms with Crippen molar-refractivity contribution in [3.63, 3.8) is 0 Å². The molecule has 30 heavy (non-hydrogen) atoms. The molecule has 0 bridgehead atoms. The number of nitrogens with zero attached hydrogens (tertiary/aromatic N) is 2. The van der Waals surface area contributed by atoms with E-state index in [4.69, 9.17) is 14.2 Å². The van der Waals surface area contributed by atoms with Crippen LogP contribution in [0.25, 0.3) is 0 Å². The first-order valence-corrected chi connectivity index (χ1v) is 10.1. The highest BCUT2D eigenvalue weighted by atomic mass is 127. The Morgan fingerprint density at radius 3 is 2.63 bits per heavy atom. The van der Waals surface area contributed by atoms with Crippen molar-refractivity contribution in [2.75, 3.05) is 47.4 Å². The van der Waals surface area contributed by atoms with Crippen molar-refractivity contribution in [1.29, 1.82) is 0 Å². The van der Waals surface area contributed by atoms with Crippen molar-refractivity contribution >= 4 is 35.8 Å². The Balaban J connectivity index is 0.00000450. The summed E-state index contributed by atoms with van der Waals surface area (Å²) in [5.74, 6) is 1.90. The zero-order valence-electron chi connectivity index (χ0n) is 18.3. The van der Waals surface area contributed by atoms with Crippen LogP contribution in [-0.2, 0) is 9.53 Å². The second-order valence-corrected chi connectivity index (χ2v) is 7.28. The summed E-state index contributed by atoms with van der Waals surface area (Å²) in [4.78, 5) is 17.8. The standard InChI is InChI=1S/C21H34N4O4.HI/c1-16(29-19-11-6-5-10-18(19)27-4)13-22-21(24-15-20(26)25(2)3)23-14-17-9-7-8-12-28-17;/h5-6,10-11,16-17H,7-9,12-15H2,1-4H3,(H2,22,23,24);1H. The Hall–Kier alpha value is -1.75. The smallest absolute Gasteiger partial charge is 0.243 e. The highest BCUT2D eigenvalue weighted by Gasteiger charge is 2.15. The van der Waals surface area contributed by atoms with E-state index in [1.165, 1.54) is 11.3 Å². The Bertz CT molecular complexity index is 666. The number of ether oxygens (including phenoxy) is 3. The summed E-state index contributed by atoms with van der Waals surface area (Å²) in [5, 5.41) is 6.55. The Kier molecular flexibility index (Phi) is 12.5. The molecule has 2 unspecified atom stereocenters. The van der Waals surface area contributed by atoms with Gasteiger partial charge in [-0.05, 0) is 38.3 Å². The number of guanidine groups is 1. The maximum absolute atomic E-state index is 11.9. The molecule has 8 nitrogen and oxygen atoms in total. The number of carbonyl (C=O) groups is 1. The fraction of sp³-hybridized carbons (Fsp3) is 0.619. The first-order chi connectivity index (χ1) is 14.0. The van der Waals surface area contributed by atoms with Crippen molar-refractivity contribution in [3.05, 3.63) is 24.3 Å². The van der Waals surface area contributed by atoms with Gasteiger partial charge in [-0.1, -0.05) is 12.1 Å². The molecular formula is C21H35IN4O4. The van der Waals surface area contributed by atoms with Crippen LogP contribution < -0.4 is 20.1 Å². The van der Waals surface area contributed by atoms with Crippen molar-refractivity contribution in [1.82, 2.24) is 15.5 Å². The lowest BCUT2D eigenvalue weighted by molar-refractivity contribution is -0.127. The minimum absolute atomic E-state index is 0. The van der Waals surface area contributed by atoms with Crippen molar-refractivity contribution < 1.29 is 19.0 Å². The lowest BCUT2D eigenvalue weighted by atomic mass is 10.1. The number of hydrogen-bond acceptors (Lipinski definition) is 5. The minimum atomic E-state index is -0.131. The van der Waals surface area contributed by atoms with Crippen LogP contribution in [0.1, 0.15) is 26.2 Å². The third-order valence-electron chi connectivity index (χ3n) is 4.60. The van der Waals surface area contributed by atoms with Gasteiger partial charge in [-0.3, -0.25) is 4.79 Å². The van der Waals surface area contributed by atoms with E-state index in [-0.39, 0.29) is 48.6 Å². The molecule has 2 rings (SSSR count). The lowest BCUT2D eigenvalue weighted by Gasteiger charge is -2.24. The van der Waals surface area contributed by atoms with E-state index in [0.29, 0.717) is 30.5 Å². The molecule has 1 aromatic rings. The topological polar surface area (TPSA) is 84.4 Å². The molecule has 0 aliphatic carbocycles. The number of methoxy groups -OCH3 is 1. The van der Waals surface area contributed by atoms with Crippen LogP contribution >= 0.6 is 24.0 Å². The maximum Gasteiger partial charge on any atom is 0.243 e. The zero-order valence-corrected chi connectivity index (χ0v) is 20.7. The van der Waals surface area contributed by atoms with E-state index in [9.17, 15) is 4.79 Å². The van der Waals surface area contributed by atoms with Gasteiger partial charge in [-0.25, -0.2) is 4.99 Å². The molecular weight excluding hydrogens is 499 g/mol. The van der Waals surface area contributed by atoms with Crippen molar-refractivity contribution in [2.24, 2.45) is 4.99 Å². The summed E-state index contributed by atoms with van der Waals surface area (Å²) in [7, 11) is 5.06. The summed E-state index contributed by atoms with van der Waals surface area (Å²) < 4.78 is 17.1. The molecule has 2 N–H and O–H groups in total. The second kappa shape index (κ2) is 14.3. The fourth-order valence-electron chi connectivity index (χ4n) is 2.86. The summed E-state index contributed by atoms with van der Waals surface area (Å²) in [5.41, 5.74) is 0. The van der Waals surface area contributed by atoms with Crippen LogP contribution in [0.3, 0.4) is 0 Å². The van der Waals surface area contributed by atoms with Crippen LogP contribution in [0, 0.1) is 0 Å². The Morgan fingerprint density at radius 2 is 2.00 bits per heavy atom. The quantitative estimate of drug-likeness (QED) is 0.288. The van der Waals surface area contributed by atoms with Crippen LogP contribution in [0.15, 0.2) is 29.3 Å². The first-order valence-electron chi connectivity index (χ1n) is 10.1. The summed E-state index contributed by atoms with van der Waals surface area (Å²) in [6, 6.07) is 7.54. The number of benzene rings is 1. The maximum atomic E-state index is 11.9. The van der Waals surface area contributed by atoms with E-state index >= 15 is 0 Å². The molecule has 1 heterocycles. The number of amides is 1. The molecule has 0 radical (unpaired) electrons. The van der Waals surface area contributed by atoms with E-state index < -0.39 is 0 Å². The number of rotatable bonds is 9. The van der Waals surface area contributed by atoms with Gasteiger partial charge < -0.3 is 29.7 Å². The third kappa shape index (κ3) is 9.38. The summed E-state index contributed by atoms with van der Waals surface area (Å²) >= 11 is 0.